The van der Waals surface area contributed by atoms with Crippen LogP contribution in [0.5, 0.6) is 0 Å². The molecule has 0 spiro atoms. The highest BCUT2D eigenvalue weighted by molar-refractivity contribution is 5.68. The summed E-state index contributed by atoms with van der Waals surface area (Å²) in [5, 5.41) is 2.09. The third-order valence-electron chi connectivity index (χ3n) is 3.63. The molecule has 0 radical (unpaired) electrons. The quantitative estimate of drug-likeness (QED) is 0.328. The van der Waals surface area contributed by atoms with E-state index in [0.29, 0.717) is 24.3 Å². The van der Waals surface area contributed by atoms with Gasteiger partial charge in [-0.15, -0.1) is 13.2 Å². The molecule has 11 heteroatoms. The maximum atomic E-state index is 13.1. The van der Waals surface area contributed by atoms with E-state index in [-0.39, 0.29) is 18.0 Å². The summed E-state index contributed by atoms with van der Waals surface area (Å²) in [6.45, 7) is 5.60. The summed E-state index contributed by atoms with van der Waals surface area (Å²) in [4.78, 5) is 10.3. The Balaban J connectivity index is 0.00000218. The van der Waals surface area contributed by atoms with E-state index in [1.165, 1.54) is 0 Å². The van der Waals surface area contributed by atoms with Gasteiger partial charge in [-0.2, -0.15) is 39.5 Å². The van der Waals surface area contributed by atoms with Crippen molar-refractivity contribution < 1.29 is 44.3 Å². The highest BCUT2D eigenvalue weighted by Crippen LogP contribution is 2.40. The fraction of sp³-hybridized carbons (Fsp3) is 0.211. The molecule has 2 nitrogen and oxygen atoms in total. The van der Waals surface area contributed by atoms with Crippen LogP contribution >= 0.6 is 0 Å². The molecule has 2 aromatic carbocycles. The number of carbonyl (C=O) groups is 1. The largest absolute Gasteiger partial charge is 0.416 e. The molecule has 30 heavy (non-hydrogen) atoms. The van der Waals surface area contributed by atoms with Gasteiger partial charge in [0.1, 0.15) is 0 Å². The molecule has 0 heterocycles. The molecule has 0 saturated heterocycles. The van der Waals surface area contributed by atoms with Crippen LogP contribution in [-0.4, -0.2) is 6.41 Å². The molecular formula is C19H14F9NO. The van der Waals surface area contributed by atoms with E-state index in [9.17, 15) is 44.3 Å². The molecule has 0 saturated carbocycles. The van der Waals surface area contributed by atoms with Crippen molar-refractivity contribution in [2.45, 2.75) is 25.1 Å². The average Bonchev–Trinajstić information content (AvgIpc) is 2.65. The summed E-state index contributed by atoms with van der Waals surface area (Å²) in [7, 11) is 0. The van der Waals surface area contributed by atoms with Crippen molar-refractivity contribution in [2.24, 2.45) is 0 Å². The SMILES string of the molecule is C=C.O=CNCc1cc(-c2cc(C(F)(F)F)cc(C(F)(F)F)c2)cc(C(F)(F)F)c1. The Morgan fingerprint density at radius 2 is 1.03 bits per heavy atom. The fourth-order valence-electron chi connectivity index (χ4n) is 2.41. The van der Waals surface area contributed by atoms with E-state index in [1.807, 2.05) is 0 Å². The van der Waals surface area contributed by atoms with Gasteiger partial charge < -0.3 is 5.32 Å². The number of carbonyl (C=O) groups excluding carboxylic acids is 1. The molecule has 0 unspecified atom stereocenters. The average molecular weight is 443 g/mol. The van der Waals surface area contributed by atoms with Gasteiger partial charge in [0, 0.05) is 6.54 Å². The van der Waals surface area contributed by atoms with Crippen molar-refractivity contribution in [3.8, 4) is 11.1 Å². The van der Waals surface area contributed by atoms with Crippen LogP contribution in [0.3, 0.4) is 0 Å². The zero-order valence-electron chi connectivity index (χ0n) is 15.0. The molecule has 0 fully saturated rings. The van der Waals surface area contributed by atoms with E-state index in [4.69, 9.17) is 0 Å². The second-order valence-electron chi connectivity index (χ2n) is 5.71. The van der Waals surface area contributed by atoms with Gasteiger partial charge in [-0.25, -0.2) is 0 Å². The third-order valence-corrected chi connectivity index (χ3v) is 3.63. The molecule has 0 aromatic heterocycles. The van der Waals surface area contributed by atoms with Crippen molar-refractivity contribution in [2.75, 3.05) is 0 Å². The number of alkyl halides is 9. The minimum Gasteiger partial charge on any atom is -0.355 e. The molecule has 0 aliphatic rings. The van der Waals surface area contributed by atoms with E-state index in [1.54, 1.807) is 0 Å². The van der Waals surface area contributed by atoms with E-state index >= 15 is 0 Å². The first-order valence-corrected chi connectivity index (χ1v) is 7.90. The maximum absolute atomic E-state index is 13.1. The molecule has 0 aliphatic carbocycles. The number of benzene rings is 2. The lowest BCUT2D eigenvalue weighted by molar-refractivity contribution is -0.143. The van der Waals surface area contributed by atoms with E-state index < -0.39 is 52.9 Å². The summed E-state index contributed by atoms with van der Waals surface area (Å²) in [6.07, 6.45) is -15.0. The Kier molecular flexibility index (Phi) is 7.71. The van der Waals surface area contributed by atoms with Gasteiger partial charge in [0.25, 0.3) is 0 Å². The minimum absolute atomic E-state index is 0.119. The van der Waals surface area contributed by atoms with Crippen LogP contribution < -0.4 is 5.32 Å². The summed E-state index contributed by atoms with van der Waals surface area (Å²) < 4.78 is 117. The van der Waals surface area contributed by atoms with Crippen LogP contribution in [0.4, 0.5) is 39.5 Å². The zero-order chi connectivity index (χ0) is 23.3. The topological polar surface area (TPSA) is 29.1 Å². The van der Waals surface area contributed by atoms with Gasteiger partial charge in [-0.05, 0) is 53.1 Å². The Morgan fingerprint density at radius 1 is 0.667 bits per heavy atom. The lowest BCUT2D eigenvalue weighted by Crippen LogP contribution is -2.13. The second-order valence-corrected chi connectivity index (χ2v) is 5.71. The Labute approximate surface area is 165 Å². The van der Waals surface area contributed by atoms with Crippen molar-refractivity contribution in [1.82, 2.24) is 5.32 Å². The second kappa shape index (κ2) is 9.23. The van der Waals surface area contributed by atoms with E-state index in [0.717, 1.165) is 6.07 Å². The van der Waals surface area contributed by atoms with Crippen molar-refractivity contribution >= 4 is 6.41 Å². The smallest absolute Gasteiger partial charge is 0.355 e. The zero-order valence-corrected chi connectivity index (χ0v) is 15.0. The first-order valence-electron chi connectivity index (χ1n) is 7.90. The molecule has 0 bridgehead atoms. The van der Waals surface area contributed by atoms with E-state index in [2.05, 4.69) is 18.5 Å². The number of hydrogen-bond acceptors (Lipinski definition) is 1. The fourth-order valence-corrected chi connectivity index (χ4v) is 2.41. The summed E-state index contributed by atoms with van der Waals surface area (Å²) >= 11 is 0. The number of halogens is 9. The highest BCUT2D eigenvalue weighted by Gasteiger charge is 2.37. The summed E-state index contributed by atoms with van der Waals surface area (Å²) in [5.41, 5.74) is -5.93. The molecule has 2 rings (SSSR count). The van der Waals surface area contributed by atoms with Gasteiger partial charge in [0.05, 0.1) is 16.7 Å². The van der Waals surface area contributed by atoms with Gasteiger partial charge in [-0.3, -0.25) is 4.79 Å². The van der Waals surface area contributed by atoms with Crippen LogP contribution in [0, 0.1) is 0 Å². The van der Waals surface area contributed by atoms with Crippen LogP contribution in [0.1, 0.15) is 22.3 Å². The first kappa shape index (κ1) is 25.1. The van der Waals surface area contributed by atoms with Crippen molar-refractivity contribution in [3.63, 3.8) is 0 Å². The first-order chi connectivity index (χ1) is 13.7. The third kappa shape index (κ3) is 6.53. The van der Waals surface area contributed by atoms with Crippen LogP contribution in [0.15, 0.2) is 49.6 Å². The molecular weight excluding hydrogens is 429 g/mol. The number of amides is 1. The Bertz CT molecular complexity index is 851. The Morgan fingerprint density at radius 3 is 1.40 bits per heavy atom. The Hall–Kier alpha value is -2.98. The maximum Gasteiger partial charge on any atom is 0.416 e. The van der Waals surface area contributed by atoms with Gasteiger partial charge in [0.15, 0.2) is 0 Å². The molecule has 1 amide bonds. The van der Waals surface area contributed by atoms with Crippen LogP contribution in [0.25, 0.3) is 11.1 Å². The van der Waals surface area contributed by atoms with Gasteiger partial charge in [-0.1, -0.05) is 0 Å². The number of nitrogens with one attached hydrogen (secondary N) is 1. The predicted molar refractivity (Wildman–Crippen MR) is 91.0 cm³/mol. The van der Waals surface area contributed by atoms with Gasteiger partial charge in [0.2, 0.25) is 6.41 Å². The van der Waals surface area contributed by atoms with Crippen molar-refractivity contribution in [1.29, 1.82) is 0 Å². The lowest BCUT2D eigenvalue weighted by Gasteiger charge is -2.16. The van der Waals surface area contributed by atoms with Crippen LogP contribution in [0.2, 0.25) is 0 Å². The number of hydrogen-bond donors (Lipinski definition) is 1. The molecule has 0 atom stereocenters. The molecule has 0 aliphatic heterocycles. The predicted octanol–water partition coefficient (Wildman–Crippen LogP) is 6.46. The highest BCUT2D eigenvalue weighted by atomic mass is 19.4. The molecule has 164 valence electrons. The minimum atomic E-state index is -5.14. The van der Waals surface area contributed by atoms with Crippen LogP contribution in [-0.2, 0) is 29.9 Å². The molecule has 1 N–H and O–H groups in total. The summed E-state index contributed by atoms with van der Waals surface area (Å²) in [6, 6.07) is 2.61. The summed E-state index contributed by atoms with van der Waals surface area (Å²) in [5.74, 6) is 0. The normalized spacial score (nSPS) is 12.0. The molecule has 2 aromatic rings. The lowest BCUT2D eigenvalue weighted by atomic mass is 9.95. The van der Waals surface area contributed by atoms with Crippen molar-refractivity contribution in [3.05, 3.63) is 71.8 Å². The monoisotopic (exact) mass is 443 g/mol. The standard InChI is InChI=1S/C17H10F9NO.C2H4/c18-15(19,20)12-2-9(7-27-8-28)1-10(3-12)11-4-13(16(21,22)23)6-14(5-11)17(24,25)26;1-2/h1-6,8H,7H2,(H,27,28);1-2H2. The number of rotatable bonds is 4. The van der Waals surface area contributed by atoms with Gasteiger partial charge >= 0.3 is 18.5 Å².